The number of hydrogen-bond acceptors (Lipinski definition) is 4. The second-order valence-electron chi connectivity index (χ2n) is 5.35. The first-order valence-corrected chi connectivity index (χ1v) is 7.63. The molecule has 0 aromatic heterocycles. The summed E-state index contributed by atoms with van der Waals surface area (Å²) in [5.74, 6) is -0.285. The third-order valence-electron chi connectivity index (χ3n) is 3.48. The number of rotatable bonds is 8. The molecule has 2 aromatic rings. The fourth-order valence-electron chi connectivity index (χ4n) is 2.17. The molecule has 0 spiro atoms. The molecule has 2 aromatic carbocycles. The molecule has 0 aliphatic heterocycles. The minimum absolute atomic E-state index is 0.184. The normalized spacial score (nSPS) is 11.5. The Labute approximate surface area is 140 Å². The molecule has 5 N–H and O–H groups in total. The van der Waals surface area contributed by atoms with E-state index >= 15 is 0 Å². The minimum atomic E-state index is -0.780. The van der Waals surface area contributed by atoms with Gasteiger partial charge in [-0.3, -0.25) is 9.59 Å². The molecular formula is C18H21N3O3. The Bertz CT molecular complexity index is 672. The number of primary amides is 1. The van der Waals surface area contributed by atoms with Gasteiger partial charge in [-0.1, -0.05) is 42.5 Å². The van der Waals surface area contributed by atoms with E-state index in [1.165, 1.54) is 0 Å². The SMILES string of the molecule is NCC(=O)N[C@H](Cc1ccc(OCc2ccccc2)cc1)C(N)=O. The van der Waals surface area contributed by atoms with Crippen LogP contribution in [0.5, 0.6) is 5.75 Å². The monoisotopic (exact) mass is 327 g/mol. The smallest absolute Gasteiger partial charge is 0.240 e. The topological polar surface area (TPSA) is 107 Å². The maximum Gasteiger partial charge on any atom is 0.240 e. The summed E-state index contributed by atoms with van der Waals surface area (Å²) in [7, 11) is 0. The average Bonchev–Trinajstić information content (AvgIpc) is 2.61. The highest BCUT2D eigenvalue weighted by molar-refractivity contribution is 5.87. The van der Waals surface area contributed by atoms with Gasteiger partial charge in [0.2, 0.25) is 11.8 Å². The average molecular weight is 327 g/mol. The van der Waals surface area contributed by atoms with Crippen LogP contribution in [0.3, 0.4) is 0 Å². The highest BCUT2D eigenvalue weighted by Gasteiger charge is 2.17. The fourth-order valence-corrected chi connectivity index (χ4v) is 2.17. The van der Waals surface area contributed by atoms with Crippen LogP contribution in [0.4, 0.5) is 0 Å². The van der Waals surface area contributed by atoms with Crippen molar-refractivity contribution in [1.82, 2.24) is 5.32 Å². The Morgan fingerprint density at radius 2 is 1.67 bits per heavy atom. The lowest BCUT2D eigenvalue weighted by atomic mass is 10.1. The lowest BCUT2D eigenvalue weighted by Gasteiger charge is -2.15. The number of carbonyl (C=O) groups is 2. The van der Waals surface area contributed by atoms with Crippen molar-refractivity contribution in [3.63, 3.8) is 0 Å². The molecule has 2 rings (SSSR count). The van der Waals surface area contributed by atoms with Gasteiger partial charge in [0, 0.05) is 6.42 Å². The van der Waals surface area contributed by atoms with Gasteiger partial charge in [-0.15, -0.1) is 0 Å². The molecule has 2 amide bonds. The van der Waals surface area contributed by atoms with Crippen molar-refractivity contribution in [3.8, 4) is 5.75 Å². The summed E-state index contributed by atoms with van der Waals surface area (Å²) < 4.78 is 5.70. The van der Waals surface area contributed by atoms with Gasteiger partial charge >= 0.3 is 0 Å². The summed E-state index contributed by atoms with van der Waals surface area (Å²) in [5.41, 5.74) is 12.5. The molecule has 0 bridgehead atoms. The molecule has 0 unspecified atom stereocenters. The number of hydrogen-bond donors (Lipinski definition) is 3. The first kappa shape index (κ1) is 17.5. The van der Waals surface area contributed by atoms with E-state index in [9.17, 15) is 9.59 Å². The van der Waals surface area contributed by atoms with Crippen molar-refractivity contribution in [2.45, 2.75) is 19.1 Å². The molecule has 126 valence electrons. The van der Waals surface area contributed by atoms with Gasteiger partial charge in [0.25, 0.3) is 0 Å². The first-order valence-electron chi connectivity index (χ1n) is 7.63. The summed E-state index contributed by atoms with van der Waals surface area (Å²) >= 11 is 0. The van der Waals surface area contributed by atoms with E-state index in [4.69, 9.17) is 16.2 Å². The van der Waals surface area contributed by atoms with Crippen molar-refractivity contribution in [3.05, 3.63) is 65.7 Å². The van der Waals surface area contributed by atoms with Crippen molar-refractivity contribution >= 4 is 11.8 Å². The van der Waals surface area contributed by atoms with E-state index in [1.807, 2.05) is 54.6 Å². The van der Waals surface area contributed by atoms with Gasteiger partial charge in [0.1, 0.15) is 18.4 Å². The number of nitrogens with one attached hydrogen (secondary N) is 1. The Hall–Kier alpha value is -2.86. The van der Waals surface area contributed by atoms with Crippen molar-refractivity contribution < 1.29 is 14.3 Å². The Balaban J connectivity index is 1.92. The molecule has 0 saturated carbocycles. The largest absolute Gasteiger partial charge is 0.489 e. The summed E-state index contributed by atoms with van der Waals surface area (Å²) in [6, 6.07) is 16.4. The van der Waals surface area contributed by atoms with Crippen molar-refractivity contribution in [2.75, 3.05) is 6.54 Å². The van der Waals surface area contributed by atoms with Gasteiger partial charge in [-0.2, -0.15) is 0 Å². The summed E-state index contributed by atoms with van der Waals surface area (Å²) in [5, 5.41) is 2.51. The van der Waals surface area contributed by atoms with E-state index in [2.05, 4.69) is 5.32 Å². The van der Waals surface area contributed by atoms with E-state index in [-0.39, 0.29) is 6.54 Å². The maximum absolute atomic E-state index is 11.4. The second-order valence-corrected chi connectivity index (χ2v) is 5.35. The first-order chi connectivity index (χ1) is 11.6. The van der Waals surface area contributed by atoms with Crippen molar-refractivity contribution in [2.24, 2.45) is 11.5 Å². The van der Waals surface area contributed by atoms with Gasteiger partial charge in [0.05, 0.1) is 6.54 Å². The van der Waals surface area contributed by atoms with E-state index in [0.717, 1.165) is 16.9 Å². The molecular weight excluding hydrogens is 306 g/mol. The molecule has 6 nitrogen and oxygen atoms in total. The van der Waals surface area contributed by atoms with Crippen LogP contribution in [-0.4, -0.2) is 24.4 Å². The molecule has 0 aliphatic rings. The fraction of sp³-hybridized carbons (Fsp3) is 0.222. The maximum atomic E-state index is 11.4. The number of ether oxygens (including phenoxy) is 1. The van der Waals surface area contributed by atoms with Gasteiger partial charge in [-0.05, 0) is 23.3 Å². The third kappa shape index (κ3) is 5.40. The second kappa shape index (κ2) is 8.69. The predicted molar refractivity (Wildman–Crippen MR) is 91.1 cm³/mol. The molecule has 0 fully saturated rings. The molecule has 1 atom stereocenters. The van der Waals surface area contributed by atoms with Gasteiger partial charge < -0.3 is 21.5 Å². The predicted octanol–water partition coefficient (Wildman–Crippen LogP) is 0.737. The summed E-state index contributed by atoms with van der Waals surface area (Å²) in [6.45, 7) is 0.298. The third-order valence-corrected chi connectivity index (χ3v) is 3.48. The van der Waals surface area contributed by atoms with Crippen LogP contribution in [0.2, 0.25) is 0 Å². The summed E-state index contributed by atoms with van der Waals surface area (Å²) in [6.07, 6.45) is 0.306. The van der Waals surface area contributed by atoms with Crippen LogP contribution in [0.15, 0.2) is 54.6 Å². The molecule has 0 saturated heterocycles. The quantitative estimate of drug-likeness (QED) is 0.664. The van der Waals surface area contributed by atoms with E-state index in [0.29, 0.717) is 13.0 Å². The number of amides is 2. The van der Waals surface area contributed by atoms with Crippen molar-refractivity contribution in [1.29, 1.82) is 0 Å². The number of carbonyl (C=O) groups excluding carboxylic acids is 2. The highest BCUT2D eigenvalue weighted by atomic mass is 16.5. The Morgan fingerprint density at radius 3 is 2.25 bits per heavy atom. The Morgan fingerprint density at radius 1 is 1.00 bits per heavy atom. The molecule has 6 heteroatoms. The van der Waals surface area contributed by atoms with E-state index < -0.39 is 17.9 Å². The summed E-state index contributed by atoms with van der Waals surface area (Å²) in [4.78, 5) is 22.8. The Kier molecular flexibility index (Phi) is 6.33. The zero-order valence-corrected chi connectivity index (χ0v) is 13.3. The van der Waals surface area contributed by atoms with Crippen LogP contribution in [0, 0.1) is 0 Å². The van der Waals surface area contributed by atoms with Crippen LogP contribution >= 0.6 is 0 Å². The lowest BCUT2D eigenvalue weighted by Crippen LogP contribution is -2.47. The van der Waals surface area contributed by atoms with Crippen LogP contribution in [-0.2, 0) is 22.6 Å². The molecule has 0 radical (unpaired) electrons. The molecule has 0 aliphatic carbocycles. The number of benzene rings is 2. The zero-order chi connectivity index (χ0) is 17.4. The van der Waals surface area contributed by atoms with Gasteiger partial charge in [-0.25, -0.2) is 0 Å². The van der Waals surface area contributed by atoms with Crippen LogP contribution in [0.25, 0.3) is 0 Å². The standard InChI is InChI=1S/C18H21N3O3/c19-11-17(22)21-16(18(20)23)10-13-6-8-15(9-7-13)24-12-14-4-2-1-3-5-14/h1-9,16H,10-12,19H2,(H2,20,23)(H,21,22)/t16-/m1/s1. The van der Waals surface area contributed by atoms with E-state index in [1.54, 1.807) is 0 Å². The lowest BCUT2D eigenvalue weighted by molar-refractivity contribution is -0.126. The minimum Gasteiger partial charge on any atom is -0.489 e. The number of nitrogens with two attached hydrogens (primary N) is 2. The van der Waals surface area contributed by atoms with Crippen LogP contribution < -0.4 is 21.5 Å². The molecule has 0 heterocycles. The van der Waals surface area contributed by atoms with Gasteiger partial charge in [0.15, 0.2) is 0 Å². The van der Waals surface area contributed by atoms with Crippen LogP contribution in [0.1, 0.15) is 11.1 Å². The highest BCUT2D eigenvalue weighted by Crippen LogP contribution is 2.15. The zero-order valence-electron chi connectivity index (χ0n) is 13.3. The molecule has 24 heavy (non-hydrogen) atoms.